The first-order chi connectivity index (χ1) is 2.41. The molecule has 32 valence electrons. The second kappa shape index (κ2) is 16.2. The van der Waals surface area contributed by atoms with Gasteiger partial charge in [-0.25, -0.2) is 0 Å². The Morgan fingerprint density at radius 3 is 1.14 bits per heavy atom. The van der Waals surface area contributed by atoms with Crippen LogP contribution in [0.4, 0.5) is 0 Å². The minimum absolute atomic E-state index is 0. The molecule has 0 atom stereocenters. The average Bonchev–Trinajstić information content (AvgIpc) is 1.41. The average molecular weight is 251 g/mol. The molecule has 0 saturated heterocycles. The molecule has 0 rings (SSSR count). The zero-order chi connectivity index (χ0) is 4.12. The van der Waals surface area contributed by atoms with E-state index < -0.39 is 0 Å². The third-order valence-electron chi connectivity index (χ3n) is 0.0556. The van der Waals surface area contributed by atoms with E-state index in [2.05, 4.69) is 15.1 Å². The smallest absolute Gasteiger partial charge is 0.690 e. The molecular formula is O5Rb2. The zero-order valence-corrected chi connectivity index (χ0v) is 13.9. The van der Waals surface area contributed by atoms with Crippen LogP contribution in [0.15, 0.2) is 0 Å². The standard InChI is InChI=1S/H2O5.2Rb/c1-3-5-4-2;;/h1-2H;;/q;2*+1/p-2. The molecule has 0 fully saturated rings. The first-order valence-corrected chi connectivity index (χ1v) is 0.667. The van der Waals surface area contributed by atoms with Gasteiger partial charge in [0.15, 0.2) is 0 Å². The largest absolute Gasteiger partial charge is 1.00 e. The van der Waals surface area contributed by atoms with Gasteiger partial charge in [-0.15, -0.1) is 0 Å². The topological polar surface area (TPSA) is 73.8 Å². The summed E-state index contributed by atoms with van der Waals surface area (Å²) in [5.74, 6) is 0. The Morgan fingerprint density at radius 2 is 1.14 bits per heavy atom. The molecule has 0 radical (unpaired) electrons. The quantitative estimate of drug-likeness (QED) is 0.360. The molecule has 0 heterocycles. The van der Waals surface area contributed by atoms with Crippen molar-refractivity contribution >= 4 is 0 Å². The molecule has 0 unspecified atom stereocenters. The van der Waals surface area contributed by atoms with E-state index in [9.17, 15) is 0 Å². The van der Waals surface area contributed by atoms with Gasteiger partial charge >= 0.3 is 116 Å². The second-order valence-corrected chi connectivity index (χ2v) is 0.204. The minimum Gasteiger partial charge on any atom is -0.690 e. The van der Waals surface area contributed by atoms with Gasteiger partial charge in [-0.05, 0) is 0 Å². The minimum atomic E-state index is 0. The SMILES string of the molecule is [O-]OOO[O-].[Rb+].[Rb+]. The molecule has 0 aliphatic rings. The third kappa shape index (κ3) is 17.7. The number of rotatable bonds is 2. The van der Waals surface area contributed by atoms with Crippen molar-refractivity contribution in [3.8, 4) is 0 Å². The van der Waals surface area contributed by atoms with Crippen LogP contribution in [0.1, 0.15) is 0 Å². The first kappa shape index (κ1) is 16.8. The van der Waals surface area contributed by atoms with Gasteiger partial charge in [0.1, 0.15) is 0 Å². The van der Waals surface area contributed by atoms with Crippen LogP contribution >= 0.6 is 0 Å². The molecule has 0 aliphatic carbocycles. The Bertz CT molecular complexity index is 13.6. The number of hydrogen-bond acceptors (Lipinski definition) is 5. The van der Waals surface area contributed by atoms with E-state index in [1.165, 1.54) is 0 Å². The van der Waals surface area contributed by atoms with Crippen LogP contribution in [0.2, 0.25) is 0 Å². The first-order valence-electron chi connectivity index (χ1n) is 0.667. The van der Waals surface area contributed by atoms with Gasteiger partial charge in [0.25, 0.3) is 0 Å². The fraction of sp³-hybridized carbons (Fsp3) is 0. The summed E-state index contributed by atoms with van der Waals surface area (Å²) in [5, 5.41) is 24.5. The maximum Gasteiger partial charge on any atom is 1.00 e. The van der Waals surface area contributed by atoms with Gasteiger partial charge in [-0.2, -0.15) is 0 Å². The van der Waals surface area contributed by atoms with Crippen LogP contribution in [0, 0.1) is 0 Å². The molecule has 0 saturated carbocycles. The molecule has 0 aromatic rings. The predicted molar refractivity (Wildman–Crippen MR) is 3.25 cm³/mol. The Balaban J connectivity index is -0.0000000800. The fourth-order valence-electron chi connectivity index (χ4n) is 0.0113. The zero-order valence-electron chi connectivity index (χ0n) is 4.04. The van der Waals surface area contributed by atoms with Crippen molar-refractivity contribution in [1.82, 2.24) is 0 Å². The van der Waals surface area contributed by atoms with Crippen molar-refractivity contribution in [3.05, 3.63) is 0 Å². The van der Waals surface area contributed by atoms with Gasteiger partial charge in [-0.1, -0.05) is 5.04 Å². The van der Waals surface area contributed by atoms with Crippen LogP contribution < -0.4 is 127 Å². The number of hydrogen-bond donors (Lipinski definition) is 0. The van der Waals surface area contributed by atoms with E-state index in [1.807, 2.05) is 0 Å². The molecule has 0 aliphatic heterocycles. The summed E-state index contributed by atoms with van der Waals surface area (Å²) in [5.41, 5.74) is 0. The van der Waals surface area contributed by atoms with Crippen molar-refractivity contribution in [2.24, 2.45) is 0 Å². The van der Waals surface area contributed by atoms with Crippen molar-refractivity contribution in [3.63, 3.8) is 0 Å². The molecule has 0 N–H and O–H groups in total. The maximum absolute atomic E-state index is 8.48. The van der Waals surface area contributed by atoms with E-state index in [4.69, 9.17) is 10.5 Å². The molecular weight excluding hydrogens is 251 g/mol. The van der Waals surface area contributed by atoms with E-state index in [0.29, 0.717) is 0 Å². The molecule has 0 aromatic heterocycles. The van der Waals surface area contributed by atoms with E-state index in [1.54, 1.807) is 0 Å². The Morgan fingerprint density at radius 1 is 0.857 bits per heavy atom. The van der Waals surface area contributed by atoms with Gasteiger partial charge in [0.2, 0.25) is 0 Å². The third-order valence-corrected chi connectivity index (χ3v) is 0.0556. The maximum atomic E-state index is 8.48. The predicted octanol–water partition coefficient (Wildman–Crippen LogP) is -8.58. The van der Waals surface area contributed by atoms with Crippen molar-refractivity contribution in [1.29, 1.82) is 0 Å². The van der Waals surface area contributed by atoms with E-state index >= 15 is 0 Å². The fourth-order valence-corrected chi connectivity index (χ4v) is 0.0113. The molecule has 7 heavy (non-hydrogen) atoms. The summed E-state index contributed by atoms with van der Waals surface area (Å²) in [6.07, 6.45) is 0. The molecule has 7 heteroatoms. The van der Waals surface area contributed by atoms with Gasteiger partial charge in [0, 0.05) is 0 Å². The van der Waals surface area contributed by atoms with Crippen LogP contribution in [0.5, 0.6) is 0 Å². The summed E-state index contributed by atoms with van der Waals surface area (Å²) in [7, 11) is 0. The Labute approximate surface area is 138 Å². The van der Waals surface area contributed by atoms with E-state index in [-0.39, 0.29) is 116 Å². The Hall–Kier alpha value is 3.41. The van der Waals surface area contributed by atoms with Crippen LogP contribution in [-0.4, -0.2) is 0 Å². The Kier molecular flexibility index (Phi) is 38.8. The van der Waals surface area contributed by atoms with Crippen molar-refractivity contribution in [2.45, 2.75) is 0 Å². The summed E-state index contributed by atoms with van der Waals surface area (Å²) in [6, 6.07) is 0. The van der Waals surface area contributed by atoms with Gasteiger partial charge in [-0.3, -0.25) is 10.1 Å². The molecule has 0 spiro atoms. The summed E-state index contributed by atoms with van der Waals surface area (Å²) < 4.78 is 0. The van der Waals surface area contributed by atoms with Crippen LogP contribution in [-0.2, 0) is 15.1 Å². The monoisotopic (exact) mass is 250 g/mol. The molecule has 0 aromatic carbocycles. The van der Waals surface area contributed by atoms with Crippen molar-refractivity contribution < 1.29 is 142 Å². The summed E-state index contributed by atoms with van der Waals surface area (Å²) in [6.45, 7) is 0. The summed E-state index contributed by atoms with van der Waals surface area (Å²) in [4.78, 5) is 0. The summed E-state index contributed by atoms with van der Waals surface area (Å²) >= 11 is 0. The van der Waals surface area contributed by atoms with Gasteiger partial charge in [0.05, 0.1) is 0 Å². The molecule has 5 nitrogen and oxygen atoms in total. The second-order valence-electron chi connectivity index (χ2n) is 0.204. The van der Waals surface area contributed by atoms with E-state index in [0.717, 1.165) is 0 Å². The van der Waals surface area contributed by atoms with Crippen molar-refractivity contribution in [2.75, 3.05) is 0 Å². The van der Waals surface area contributed by atoms with Crippen LogP contribution in [0.25, 0.3) is 0 Å². The molecule has 0 amide bonds. The van der Waals surface area contributed by atoms with Gasteiger partial charge < -0.3 is 10.5 Å². The molecule has 0 bridgehead atoms. The van der Waals surface area contributed by atoms with Crippen LogP contribution in [0.3, 0.4) is 0 Å². The normalized spacial score (nSPS) is 6.00.